The van der Waals surface area contributed by atoms with E-state index in [9.17, 15) is 13.2 Å². The minimum atomic E-state index is -4.70. The summed E-state index contributed by atoms with van der Waals surface area (Å²) in [5, 5.41) is 3.03. The van der Waals surface area contributed by atoms with E-state index < -0.39 is 6.36 Å². The fraction of sp³-hybridized carbons (Fsp3) is 0.333. The summed E-state index contributed by atoms with van der Waals surface area (Å²) in [6.07, 6.45) is -3.26. The summed E-state index contributed by atoms with van der Waals surface area (Å²) in [6, 6.07) is 7.22. The first kappa shape index (κ1) is 16.3. The molecule has 2 heterocycles. The van der Waals surface area contributed by atoms with Gasteiger partial charge in [-0.3, -0.25) is 0 Å². The molecule has 1 saturated heterocycles. The molecule has 6 nitrogen and oxygen atoms in total. The molecule has 1 aliphatic rings. The Labute approximate surface area is 136 Å². The van der Waals surface area contributed by atoms with Gasteiger partial charge in [0, 0.05) is 24.8 Å². The molecule has 0 spiro atoms. The number of hydrogen-bond donors (Lipinski definition) is 1. The van der Waals surface area contributed by atoms with Crippen molar-refractivity contribution in [2.24, 2.45) is 0 Å². The number of nitrogens with one attached hydrogen (secondary N) is 1. The molecule has 0 aliphatic carbocycles. The Morgan fingerprint density at radius 1 is 1.08 bits per heavy atom. The predicted octanol–water partition coefficient (Wildman–Crippen LogP) is 2.96. The number of halogens is 3. The number of alkyl halides is 3. The number of nitrogens with zero attached hydrogens (tertiary/aromatic N) is 3. The highest BCUT2D eigenvalue weighted by Gasteiger charge is 2.30. The fourth-order valence-corrected chi connectivity index (χ4v) is 2.27. The molecule has 3 rings (SSSR count). The van der Waals surface area contributed by atoms with Gasteiger partial charge in [-0.2, -0.15) is 0 Å². The molecule has 0 radical (unpaired) electrons. The minimum Gasteiger partial charge on any atom is -0.406 e. The van der Waals surface area contributed by atoms with Crippen molar-refractivity contribution in [3.63, 3.8) is 0 Å². The number of ether oxygens (including phenoxy) is 2. The van der Waals surface area contributed by atoms with E-state index in [1.807, 2.05) is 0 Å². The number of rotatable bonds is 4. The van der Waals surface area contributed by atoms with Crippen LogP contribution in [-0.2, 0) is 4.74 Å². The van der Waals surface area contributed by atoms with Crippen LogP contribution in [0.1, 0.15) is 0 Å². The van der Waals surface area contributed by atoms with Crippen LogP contribution in [0.15, 0.2) is 36.7 Å². The Balaban J connectivity index is 1.67. The van der Waals surface area contributed by atoms with Crippen molar-refractivity contribution in [3.05, 3.63) is 36.7 Å². The van der Waals surface area contributed by atoms with Gasteiger partial charge in [0.05, 0.1) is 13.2 Å². The van der Waals surface area contributed by atoms with Crippen LogP contribution >= 0.6 is 0 Å². The molecular weight excluding hydrogens is 325 g/mol. The molecule has 2 aromatic rings. The van der Waals surface area contributed by atoms with Crippen LogP contribution in [0.5, 0.6) is 5.75 Å². The Hall–Kier alpha value is -2.55. The van der Waals surface area contributed by atoms with Crippen LogP contribution in [0.3, 0.4) is 0 Å². The van der Waals surface area contributed by atoms with E-state index in [0.29, 0.717) is 24.7 Å². The average molecular weight is 340 g/mol. The van der Waals surface area contributed by atoms with Crippen molar-refractivity contribution in [1.82, 2.24) is 9.97 Å². The highest BCUT2D eigenvalue weighted by molar-refractivity contribution is 5.60. The van der Waals surface area contributed by atoms with Gasteiger partial charge >= 0.3 is 6.36 Å². The molecular formula is C15H15F3N4O2. The van der Waals surface area contributed by atoms with E-state index >= 15 is 0 Å². The largest absolute Gasteiger partial charge is 0.573 e. The molecule has 1 aromatic heterocycles. The van der Waals surface area contributed by atoms with Crippen molar-refractivity contribution in [3.8, 4) is 5.75 Å². The maximum Gasteiger partial charge on any atom is 0.573 e. The summed E-state index contributed by atoms with van der Waals surface area (Å²) >= 11 is 0. The molecule has 9 heteroatoms. The summed E-state index contributed by atoms with van der Waals surface area (Å²) in [4.78, 5) is 10.4. The van der Waals surface area contributed by atoms with Gasteiger partial charge < -0.3 is 19.7 Å². The smallest absolute Gasteiger partial charge is 0.406 e. The quantitative estimate of drug-likeness (QED) is 0.923. The van der Waals surface area contributed by atoms with Crippen molar-refractivity contribution >= 4 is 17.3 Å². The number of hydrogen-bond acceptors (Lipinski definition) is 6. The van der Waals surface area contributed by atoms with Gasteiger partial charge in [0.2, 0.25) is 0 Å². The Morgan fingerprint density at radius 2 is 1.79 bits per heavy atom. The second-order valence-corrected chi connectivity index (χ2v) is 5.06. The Kier molecular flexibility index (Phi) is 4.70. The maximum absolute atomic E-state index is 12.1. The normalized spacial score (nSPS) is 15.2. The SMILES string of the molecule is FC(F)(F)Oc1ccc(Nc2cc(N3CCOCC3)ncn2)cc1. The monoisotopic (exact) mass is 340 g/mol. The highest BCUT2D eigenvalue weighted by Crippen LogP contribution is 2.25. The molecule has 1 aliphatic heterocycles. The van der Waals surface area contributed by atoms with E-state index in [-0.39, 0.29) is 5.75 Å². The van der Waals surface area contributed by atoms with Crippen molar-refractivity contribution in [2.45, 2.75) is 6.36 Å². The predicted molar refractivity (Wildman–Crippen MR) is 81.5 cm³/mol. The Morgan fingerprint density at radius 3 is 2.46 bits per heavy atom. The molecule has 0 bridgehead atoms. The summed E-state index contributed by atoms with van der Waals surface area (Å²) in [5.41, 5.74) is 0.594. The van der Waals surface area contributed by atoms with Gasteiger partial charge in [0.25, 0.3) is 0 Å². The molecule has 1 fully saturated rings. The molecule has 24 heavy (non-hydrogen) atoms. The lowest BCUT2D eigenvalue weighted by atomic mass is 10.3. The number of benzene rings is 1. The van der Waals surface area contributed by atoms with Crippen molar-refractivity contribution < 1.29 is 22.6 Å². The van der Waals surface area contributed by atoms with Gasteiger partial charge in [-0.05, 0) is 24.3 Å². The third-order valence-electron chi connectivity index (χ3n) is 3.35. The summed E-state index contributed by atoms with van der Waals surface area (Å²) < 4.78 is 45.6. The van der Waals surface area contributed by atoms with Gasteiger partial charge in [-0.1, -0.05) is 0 Å². The van der Waals surface area contributed by atoms with E-state index in [2.05, 4.69) is 24.9 Å². The summed E-state index contributed by atoms with van der Waals surface area (Å²) in [6.45, 7) is 2.79. The lowest BCUT2D eigenvalue weighted by molar-refractivity contribution is -0.274. The van der Waals surface area contributed by atoms with Crippen LogP contribution < -0.4 is 15.0 Å². The first-order valence-electron chi connectivity index (χ1n) is 7.27. The second kappa shape index (κ2) is 6.91. The molecule has 0 saturated carbocycles. The fourth-order valence-electron chi connectivity index (χ4n) is 2.27. The second-order valence-electron chi connectivity index (χ2n) is 5.06. The number of aromatic nitrogens is 2. The average Bonchev–Trinajstić information content (AvgIpc) is 2.56. The molecule has 0 amide bonds. The van der Waals surface area contributed by atoms with Crippen molar-refractivity contribution in [1.29, 1.82) is 0 Å². The highest BCUT2D eigenvalue weighted by atomic mass is 19.4. The van der Waals surface area contributed by atoms with Crippen LogP contribution in [-0.4, -0.2) is 42.6 Å². The van der Waals surface area contributed by atoms with Gasteiger partial charge in [0.15, 0.2) is 0 Å². The minimum absolute atomic E-state index is 0.273. The molecule has 128 valence electrons. The zero-order valence-corrected chi connectivity index (χ0v) is 12.6. The van der Waals surface area contributed by atoms with Gasteiger partial charge in [-0.25, -0.2) is 9.97 Å². The Bertz CT molecular complexity index is 673. The maximum atomic E-state index is 12.1. The lowest BCUT2D eigenvalue weighted by Crippen LogP contribution is -2.36. The summed E-state index contributed by atoms with van der Waals surface area (Å²) in [7, 11) is 0. The van der Waals surface area contributed by atoms with Crippen LogP contribution in [0.25, 0.3) is 0 Å². The number of anilines is 3. The van der Waals surface area contributed by atoms with E-state index in [4.69, 9.17) is 4.74 Å². The summed E-state index contributed by atoms with van der Waals surface area (Å²) in [5.74, 6) is 1.05. The van der Waals surface area contributed by atoms with Crippen LogP contribution in [0, 0.1) is 0 Å². The van der Waals surface area contributed by atoms with Crippen LogP contribution in [0.4, 0.5) is 30.5 Å². The van der Waals surface area contributed by atoms with E-state index in [1.54, 1.807) is 6.07 Å². The first-order valence-corrected chi connectivity index (χ1v) is 7.27. The standard InChI is InChI=1S/C15H15F3N4O2/c16-15(17,18)24-12-3-1-11(2-4-12)21-13-9-14(20-10-19-13)22-5-7-23-8-6-22/h1-4,9-10H,5-8H2,(H,19,20,21). The molecule has 0 unspecified atom stereocenters. The molecule has 1 N–H and O–H groups in total. The lowest BCUT2D eigenvalue weighted by Gasteiger charge is -2.27. The molecule has 1 aromatic carbocycles. The molecule has 0 atom stereocenters. The third-order valence-corrected chi connectivity index (χ3v) is 3.35. The first-order chi connectivity index (χ1) is 11.5. The van der Waals surface area contributed by atoms with Crippen molar-refractivity contribution in [2.75, 3.05) is 36.5 Å². The van der Waals surface area contributed by atoms with E-state index in [0.717, 1.165) is 18.9 Å². The number of morpholine rings is 1. The zero-order valence-electron chi connectivity index (χ0n) is 12.6. The third kappa shape index (κ3) is 4.48. The van der Waals surface area contributed by atoms with E-state index in [1.165, 1.54) is 30.6 Å². The van der Waals surface area contributed by atoms with Gasteiger partial charge in [-0.15, -0.1) is 13.2 Å². The van der Waals surface area contributed by atoms with Gasteiger partial charge in [0.1, 0.15) is 23.7 Å². The van der Waals surface area contributed by atoms with Crippen LogP contribution in [0.2, 0.25) is 0 Å². The topological polar surface area (TPSA) is 59.5 Å². The zero-order chi connectivity index (χ0) is 17.0.